The van der Waals surface area contributed by atoms with Crippen molar-refractivity contribution in [3.63, 3.8) is 0 Å². The molecule has 0 radical (unpaired) electrons. The molecular weight excluding hydrogens is 250 g/mol. The Morgan fingerprint density at radius 2 is 1.95 bits per heavy atom. The highest BCUT2D eigenvalue weighted by Crippen LogP contribution is 2.28. The van der Waals surface area contributed by atoms with E-state index < -0.39 is 0 Å². The Labute approximate surface area is 124 Å². The van der Waals surface area contributed by atoms with E-state index in [2.05, 4.69) is 30.6 Å². The molecule has 2 saturated heterocycles. The molecular formula is C16H33N3O. The summed E-state index contributed by atoms with van der Waals surface area (Å²) in [6, 6.07) is 0.712. The molecule has 0 bridgehead atoms. The molecule has 0 aromatic rings. The van der Waals surface area contributed by atoms with E-state index in [0.29, 0.717) is 6.04 Å². The maximum Gasteiger partial charge on any atom is 0.0594 e. The molecule has 2 heterocycles. The Bertz CT molecular complexity index is 291. The summed E-state index contributed by atoms with van der Waals surface area (Å²) in [5, 5.41) is 0. The van der Waals surface area contributed by atoms with Crippen molar-refractivity contribution in [2.75, 3.05) is 45.9 Å². The number of nitrogens with zero attached hydrogens (tertiary/aromatic N) is 2. The molecule has 20 heavy (non-hydrogen) atoms. The summed E-state index contributed by atoms with van der Waals surface area (Å²) in [7, 11) is 0. The normalized spacial score (nSPS) is 28.9. The second kappa shape index (κ2) is 7.21. The van der Waals surface area contributed by atoms with Gasteiger partial charge in [-0.25, -0.2) is 0 Å². The summed E-state index contributed by atoms with van der Waals surface area (Å²) in [5.41, 5.74) is 6.31. The predicted octanol–water partition coefficient (Wildman–Crippen LogP) is 1.55. The lowest BCUT2D eigenvalue weighted by Crippen LogP contribution is -2.52. The summed E-state index contributed by atoms with van der Waals surface area (Å²) < 4.78 is 5.46. The van der Waals surface area contributed by atoms with Crippen LogP contribution in [0, 0.1) is 5.92 Å². The lowest BCUT2D eigenvalue weighted by molar-refractivity contribution is 0.0149. The third-order valence-electron chi connectivity index (χ3n) is 5.19. The molecule has 0 spiro atoms. The first-order valence-corrected chi connectivity index (χ1v) is 8.32. The zero-order chi connectivity index (χ0) is 14.6. The molecule has 4 heteroatoms. The van der Waals surface area contributed by atoms with Crippen LogP contribution in [-0.2, 0) is 4.74 Å². The number of hydrogen-bond acceptors (Lipinski definition) is 4. The molecule has 2 rings (SSSR count). The van der Waals surface area contributed by atoms with Crippen LogP contribution in [0.1, 0.15) is 40.0 Å². The van der Waals surface area contributed by atoms with Gasteiger partial charge < -0.3 is 10.5 Å². The van der Waals surface area contributed by atoms with Crippen molar-refractivity contribution >= 4 is 0 Å². The molecule has 0 aromatic heterocycles. The highest BCUT2D eigenvalue weighted by molar-refractivity contribution is 4.95. The Balaban J connectivity index is 1.88. The van der Waals surface area contributed by atoms with Gasteiger partial charge in [-0.15, -0.1) is 0 Å². The number of morpholine rings is 1. The average Bonchev–Trinajstić information content (AvgIpc) is 2.96. The fraction of sp³-hybridized carbons (Fsp3) is 1.00. The quantitative estimate of drug-likeness (QED) is 0.803. The van der Waals surface area contributed by atoms with E-state index in [1.807, 2.05) is 0 Å². The van der Waals surface area contributed by atoms with Crippen LogP contribution in [-0.4, -0.2) is 67.3 Å². The first-order valence-electron chi connectivity index (χ1n) is 8.32. The van der Waals surface area contributed by atoms with E-state index in [9.17, 15) is 0 Å². The van der Waals surface area contributed by atoms with E-state index in [1.165, 1.54) is 32.4 Å². The number of hydrogen-bond donors (Lipinski definition) is 1. The van der Waals surface area contributed by atoms with Crippen molar-refractivity contribution in [3.05, 3.63) is 0 Å². The van der Waals surface area contributed by atoms with Crippen molar-refractivity contribution in [1.29, 1.82) is 0 Å². The summed E-state index contributed by atoms with van der Waals surface area (Å²) in [5.74, 6) is 0.763. The predicted molar refractivity (Wildman–Crippen MR) is 83.9 cm³/mol. The molecule has 118 valence electrons. The van der Waals surface area contributed by atoms with Crippen LogP contribution < -0.4 is 5.73 Å². The van der Waals surface area contributed by atoms with Crippen LogP contribution in [0.15, 0.2) is 0 Å². The number of ether oxygens (including phenoxy) is 1. The molecule has 0 amide bonds. The minimum absolute atomic E-state index is 0.186. The first kappa shape index (κ1) is 16.2. The Morgan fingerprint density at radius 1 is 1.25 bits per heavy atom. The fourth-order valence-electron chi connectivity index (χ4n) is 3.46. The molecule has 2 fully saturated rings. The van der Waals surface area contributed by atoms with Gasteiger partial charge in [0.05, 0.1) is 13.2 Å². The van der Waals surface area contributed by atoms with Crippen LogP contribution in [0.4, 0.5) is 0 Å². The summed E-state index contributed by atoms with van der Waals surface area (Å²) in [6.07, 6.45) is 3.78. The van der Waals surface area contributed by atoms with E-state index in [1.54, 1.807) is 0 Å². The van der Waals surface area contributed by atoms with Gasteiger partial charge in [-0.05, 0) is 32.1 Å². The zero-order valence-corrected chi connectivity index (χ0v) is 13.6. The van der Waals surface area contributed by atoms with Gasteiger partial charge in [0.1, 0.15) is 0 Å². The monoisotopic (exact) mass is 283 g/mol. The number of likely N-dealkylation sites (tertiary alicyclic amines) is 1. The van der Waals surface area contributed by atoms with E-state index >= 15 is 0 Å². The largest absolute Gasteiger partial charge is 0.379 e. The topological polar surface area (TPSA) is 41.7 Å². The Morgan fingerprint density at radius 3 is 2.55 bits per heavy atom. The van der Waals surface area contributed by atoms with E-state index in [0.717, 1.165) is 38.8 Å². The van der Waals surface area contributed by atoms with Gasteiger partial charge in [0, 0.05) is 44.3 Å². The van der Waals surface area contributed by atoms with Gasteiger partial charge in [-0.3, -0.25) is 9.80 Å². The van der Waals surface area contributed by atoms with Gasteiger partial charge >= 0.3 is 0 Å². The van der Waals surface area contributed by atoms with Crippen LogP contribution in [0.5, 0.6) is 0 Å². The van der Waals surface area contributed by atoms with Gasteiger partial charge in [0.25, 0.3) is 0 Å². The average molecular weight is 283 g/mol. The van der Waals surface area contributed by atoms with E-state index in [4.69, 9.17) is 10.5 Å². The number of rotatable bonds is 6. The SMILES string of the molecule is CC(C)CCC(C)(CN)N1CCC(N2CCOCC2)C1. The fourth-order valence-corrected chi connectivity index (χ4v) is 3.46. The van der Waals surface area contributed by atoms with Gasteiger partial charge in [0.15, 0.2) is 0 Å². The Kier molecular flexibility index (Phi) is 5.84. The molecule has 0 aromatic carbocycles. The highest BCUT2D eigenvalue weighted by Gasteiger charge is 2.37. The summed E-state index contributed by atoms with van der Waals surface area (Å²) in [6.45, 7) is 14.1. The van der Waals surface area contributed by atoms with Crippen molar-refractivity contribution in [3.8, 4) is 0 Å². The minimum Gasteiger partial charge on any atom is -0.379 e. The van der Waals surface area contributed by atoms with Gasteiger partial charge in [0.2, 0.25) is 0 Å². The maximum absolute atomic E-state index is 6.12. The van der Waals surface area contributed by atoms with Crippen LogP contribution >= 0.6 is 0 Å². The number of nitrogens with two attached hydrogens (primary N) is 1. The van der Waals surface area contributed by atoms with Crippen molar-refractivity contribution < 1.29 is 4.74 Å². The third-order valence-corrected chi connectivity index (χ3v) is 5.19. The molecule has 2 aliphatic heterocycles. The second-order valence-electron chi connectivity index (χ2n) is 7.17. The lowest BCUT2D eigenvalue weighted by Gasteiger charge is -2.40. The maximum atomic E-state index is 6.12. The van der Waals surface area contributed by atoms with Gasteiger partial charge in [-0.2, -0.15) is 0 Å². The Hall–Kier alpha value is -0.160. The lowest BCUT2D eigenvalue weighted by atomic mass is 9.90. The van der Waals surface area contributed by atoms with Gasteiger partial charge in [-0.1, -0.05) is 13.8 Å². The van der Waals surface area contributed by atoms with E-state index in [-0.39, 0.29) is 5.54 Å². The highest BCUT2D eigenvalue weighted by atomic mass is 16.5. The minimum atomic E-state index is 0.186. The van der Waals surface area contributed by atoms with Crippen LogP contribution in [0.3, 0.4) is 0 Å². The van der Waals surface area contributed by atoms with Crippen molar-refractivity contribution in [2.45, 2.75) is 51.6 Å². The molecule has 4 nitrogen and oxygen atoms in total. The molecule has 2 aliphatic rings. The first-order chi connectivity index (χ1) is 9.55. The molecule has 2 unspecified atom stereocenters. The van der Waals surface area contributed by atoms with Crippen molar-refractivity contribution in [1.82, 2.24) is 9.80 Å². The summed E-state index contributed by atoms with van der Waals surface area (Å²) >= 11 is 0. The molecule has 0 saturated carbocycles. The molecule has 2 N–H and O–H groups in total. The van der Waals surface area contributed by atoms with Crippen LogP contribution in [0.25, 0.3) is 0 Å². The third kappa shape index (κ3) is 3.94. The standard InChI is InChI=1S/C16H33N3O/c1-14(2)4-6-16(3,13-17)19-7-5-15(12-19)18-8-10-20-11-9-18/h14-15H,4-13,17H2,1-3H3. The second-order valence-corrected chi connectivity index (χ2v) is 7.17. The van der Waals surface area contributed by atoms with Crippen LogP contribution in [0.2, 0.25) is 0 Å². The summed E-state index contributed by atoms with van der Waals surface area (Å²) in [4.78, 5) is 5.26. The zero-order valence-electron chi connectivity index (χ0n) is 13.6. The molecule has 0 aliphatic carbocycles. The molecule has 2 atom stereocenters. The smallest absolute Gasteiger partial charge is 0.0594 e. The van der Waals surface area contributed by atoms with Crippen molar-refractivity contribution in [2.24, 2.45) is 11.7 Å².